The minimum atomic E-state index is -2.97. The van der Waals surface area contributed by atoms with Crippen molar-refractivity contribution in [1.29, 1.82) is 0 Å². The molecular weight excluding hydrogens is 270 g/mol. The van der Waals surface area contributed by atoms with E-state index in [-0.39, 0.29) is 16.7 Å². The number of ether oxygens (including phenoxy) is 1. The molecule has 8 heteroatoms. The van der Waals surface area contributed by atoms with Gasteiger partial charge in [-0.25, -0.2) is 13.2 Å². The van der Waals surface area contributed by atoms with E-state index in [0.717, 1.165) is 0 Å². The smallest absolute Gasteiger partial charge is 0.358 e. The fourth-order valence-electron chi connectivity index (χ4n) is 1.95. The van der Waals surface area contributed by atoms with Crippen LogP contribution < -0.4 is 5.32 Å². The second-order valence-corrected chi connectivity index (χ2v) is 6.71. The normalized spacial score (nSPS) is 21.0. The minimum absolute atomic E-state index is 0.113. The van der Waals surface area contributed by atoms with Gasteiger partial charge in [0.1, 0.15) is 5.82 Å². The highest BCUT2D eigenvalue weighted by atomic mass is 32.2. The maximum atomic E-state index is 11.6. The average Bonchev–Trinajstić information content (AvgIpc) is 2.75. The predicted molar refractivity (Wildman–Crippen MR) is 68.7 cm³/mol. The number of carbonyl (C=O) groups excluding carboxylic acids is 1. The number of hydrogen-bond acceptors (Lipinski definition) is 7. The Morgan fingerprint density at radius 3 is 2.79 bits per heavy atom. The molecule has 1 aliphatic heterocycles. The number of carbonyl (C=O) groups is 1. The summed E-state index contributed by atoms with van der Waals surface area (Å²) in [7, 11) is -1.70. The van der Waals surface area contributed by atoms with Crippen LogP contribution in [-0.4, -0.2) is 49.2 Å². The number of nitrogens with one attached hydrogen (secondary N) is 1. The van der Waals surface area contributed by atoms with E-state index in [0.29, 0.717) is 25.2 Å². The number of rotatable bonds is 4. The molecule has 19 heavy (non-hydrogen) atoms. The van der Waals surface area contributed by atoms with Gasteiger partial charge >= 0.3 is 5.97 Å². The summed E-state index contributed by atoms with van der Waals surface area (Å²) in [6, 6.07) is 3.05. The van der Waals surface area contributed by atoms with Gasteiger partial charge in [0.05, 0.1) is 18.1 Å². The Labute approximate surface area is 111 Å². The Morgan fingerprint density at radius 2 is 2.26 bits per heavy atom. The van der Waals surface area contributed by atoms with Gasteiger partial charge in [-0.1, -0.05) is 0 Å². The summed E-state index contributed by atoms with van der Waals surface area (Å²) < 4.78 is 27.8. The molecule has 0 saturated carbocycles. The highest BCUT2D eigenvalue weighted by molar-refractivity contribution is 7.92. The van der Waals surface area contributed by atoms with Crippen LogP contribution in [0.2, 0.25) is 0 Å². The number of esters is 1. The van der Waals surface area contributed by atoms with Crippen molar-refractivity contribution >= 4 is 21.6 Å². The van der Waals surface area contributed by atoms with Crippen molar-refractivity contribution in [3.05, 3.63) is 17.8 Å². The molecule has 1 saturated heterocycles. The van der Waals surface area contributed by atoms with Crippen LogP contribution in [0.15, 0.2) is 12.1 Å². The monoisotopic (exact) mass is 285 g/mol. The SMILES string of the molecule is COC(=O)c1ccc(NCC2CCCS2(=O)=O)nn1. The lowest BCUT2D eigenvalue weighted by atomic mass is 10.2. The zero-order valence-electron chi connectivity index (χ0n) is 10.5. The molecule has 0 bridgehead atoms. The third-order valence-electron chi connectivity index (χ3n) is 3.03. The maximum Gasteiger partial charge on any atom is 0.358 e. The molecule has 0 radical (unpaired) electrons. The molecule has 1 aromatic rings. The van der Waals surface area contributed by atoms with E-state index in [4.69, 9.17) is 0 Å². The fraction of sp³-hybridized carbons (Fsp3) is 0.545. The molecule has 0 aromatic carbocycles. The molecule has 1 unspecified atom stereocenters. The van der Waals surface area contributed by atoms with E-state index < -0.39 is 15.8 Å². The average molecular weight is 285 g/mol. The first kappa shape index (κ1) is 13.7. The van der Waals surface area contributed by atoms with E-state index in [1.165, 1.54) is 13.2 Å². The van der Waals surface area contributed by atoms with Crippen molar-refractivity contribution in [2.24, 2.45) is 0 Å². The van der Waals surface area contributed by atoms with Crippen LogP contribution >= 0.6 is 0 Å². The third kappa shape index (κ3) is 3.19. The lowest BCUT2D eigenvalue weighted by Crippen LogP contribution is -2.25. The van der Waals surface area contributed by atoms with Crippen LogP contribution in [0.1, 0.15) is 23.3 Å². The van der Waals surface area contributed by atoms with Gasteiger partial charge in [0, 0.05) is 6.54 Å². The highest BCUT2D eigenvalue weighted by Crippen LogP contribution is 2.20. The number of aromatic nitrogens is 2. The minimum Gasteiger partial charge on any atom is -0.464 e. The van der Waals surface area contributed by atoms with Crippen LogP contribution in [0.25, 0.3) is 0 Å². The van der Waals surface area contributed by atoms with Crippen LogP contribution in [0.4, 0.5) is 5.82 Å². The van der Waals surface area contributed by atoms with E-state index in [2.05, 4.69) is 20.3 Å². The van der Waals surface area contributed by atoms with Crippen LogP contribution in [-0.2, 0) is 14.6 Å². The molecule has 0 spiro atoms. The number of sulfone groups is 1. The molecule has 1 aromatic heterocycles. The molecule has 0 amide bonds. The van der Waals surface area contributed by atoms with Crippen molar-refractivity contribution in [2.75, 3.05) is 24.7 Å². The molecular formula is C11H15N3O4S. The molecule has 2 heterocycles. The first-order valence-corrected chi connectivity index (χ1v) is 7.62. The summed E-state index contributed by atoms with van der Waals surface area (Å²) in [4.78, 5) is 11.2. The molecule has 1 N–H and O–H groups in total. The molecule has 1 aliphatic rings. The molecule has 1 fully saturated rings. The van der Waals surface area contributed by atoms with Gasteiger partial charge in [0.25, 0.3) is 0 Å². The molecule has 7 nitrogen and oxygen atoms in total. The second-order valence-electron chi connectivity index (χ2n) is 4.31. The summed E-state index contributed by atoms with van der Waals surface area (Å²) in [5, 5.41) is 10.0. The van der Waals surface area contributed by atoms with Crippen LogP contribution in [0.3, 0.4) is 0 Å². The summed E-state index contributed by atoms with van der Waals surface area (Å²) in [6.45, 7) is 0.314. The van der Waals surface area contributed by atoms with Crippen molar-refractivity contribution in [1.82, 2.24) is 10.2 Å². The summed E-state index contributed by atoms with van der Waals surface area (Å²) in [6.07, 6.45) is 1.38. The Hall–Kier alpha value is -1.70. The molecule has 0 aliphatic carbocycles. The largest absolute Gasteiger partial charge is 0.464 e. The molecule has 1 atom stereocenters. The van der Waals surface area contributed by atoms with Gasteiger partial charge < -0.3 is 10.1 Å². The molecule has 2 rings (SSSR count). The van der Waals surface area contributed by atoms with Gasteiger partial charge in [0.2, 0.25) is 0 Å². The third-order valence-corrected chi connectivity index (χ3v) is 5.31. The zero-order valence-corrected chi connectivity index (χ0v) is 11.3. The summed E-state index contributed by atoms with van der Waals surface area (Å²) in [5.74, 6) is 0.138. The van der Waals surface area contributed by atoms with Gasteiger partial charge in [-0.15, -0.1) is 10.2 Å². The van der Waals surface area contributed by atoms with Crippen molar-refractivity contribution < 1.29 is 17.9 Å². The topological polar surface area (TPSA) is 98.2 Å². The van der Waals surface area contributed by atoms with E-state index in [1.807, 2.05) is 0 Å². The first-order valence-electron chi connectivity index (χ1n) is 5.90. The van der Waals surface area contributed by atoms with Crippen molar-refractivity contribution in [3.63, 3.8) is 0 Å². The number of methoxy groups -OCH3 is 1. The van der Waals surface area contributed by atoms with Gasteiger partial charge in [-0.3, -0.25) is 0 Å². The standard InChI is InChI=1S/C11H15N3O4S/c1-18-11(15)9-4-5-10(14-13-9)12-7-8-3-2-6-19(8,16)17/h4-5,8H,2-3,6-7H2,1H3,(H,12,14). The van der Waals surface area contributed by atoms with Gasteiger partial charge in [0.15, 0.2) is 15.5 Å². The van der Waals surface area contributed by atoms with E-state index in [1.54, 1.807) is 6.07 Å². The van der Waals surface area contributed by atoms with Crippen LogP contribution in [0, 0.1) is 0 Å². The van der Waals surface area contributed by atoms with Gasteiger partial charge in [-0.05, 0) is 25.0 Å². The Kier molecular flexibility index (Phi) is 3.98. The van der Waals surface area contributed by atoms with E-state index in [9.17, 15) is 13.2 Å². The fourth-order valence-corrected chi connectivity index (χ4v) is 3.71. The number of anilines is 1. The Morgan fingerprint density at radius 1 is 1.47 bits per heavy atom. The maximum absolute atomic E-state index is 11.6. The van der Waals surface area contributed by atoms with E-state index >= 15 is 0 Å². The molecule has 104 valence electrons. The lowest BCUT2D eigenvalue weighted by Gasteiger charge is -2.10. The van der Waals surface area contributed by atoms with Crippen molar-refractivity contribution in [2.45, 2.75) is 18.1 Å². The second kappa shape index (κ2) is 5.52. The summed E-state index contributed by atoms with van der Waals surface area (Å²) >= 11 is 0. The number of nitrogens with zero attached hydrogens (tertiary/aromatic N) is 2. The first-order chi connectivity index (χ1) is 9.03. The summed E-state index contributed by atoms with van der Waals surface area (Å²) in [5.41, 5.74) is 0.113. The lowest BCUT2D eigenvalue weighted by molar-refractivity contribution is 0.0592. The number of hydrogen-bond donors (Lipinski definition) is 1. The van der Waals surface area contributed by atoms with Crippen molar-refractivity contribution in [3.8, 4) is 0 Å². The van der Waals surface area contributed by atoms with Gasteiger partial charge in [-0.2, -0.15) is 0 Å². The zero-order chi connectivity index (χ0) is 13.9. The predicted octanol–water partition coefficient (Wildman–Crippen LogP) is 0.252. The highest BCUT2D eigenvalue weighted by Gasteiger charge is 2.30. The quantitative estimate of drug-likeness (QED) is 0.792. The van der Waals surface area contributed by atoms with Crippen LogP contribution in [0.5, 0.6) is 0 Å². The Balaban J connectivity index is 1.95. The Bertz CT molecular complexity index is 556.